The molecular weight excluding hydrogens is 941 g/mol. The summed E-state index contributed by atoms with van der Waals surface area (Å²) >= 11 is 0. The van der Waals surface area contributed by atoms with Crippen molar-refractivity contribution in [1.29, 1.82) is 0 Å². The lowest BCUT2D eigenvalue weighted by Crippen LogP contribution is -2.26. The molecule has 0 aliphatic heterocycles. The highest BCUT2D eigenvalue weighted by molar-refractivity contribution is 6.17. The van der Waals surface area contributed by atoms with Crippen LogP contribution in [0.1, 0.15) is 127 Å². The molecule has 0 aromatic heterocycles. The molecule has 0 bridgehead atoms. The van der Waals surface area contributed by atoms with Crippen molar-refractivity contribution in [2.75, 3.05) is 9.80 Å². The second kappa shape index (κ2) is 22.2. The molecule has 2 heteroatoms. The molecule has 0 heterocycles. The van der Waals surface area contributed by atoms with E-state index in [4.69, 9.17) is 0 Å². The molecule has 2 aliphatic rings. The molecule has 0 amide bonds. The predicted octanol–water partition coefficient (Wildman–Crippen LogP) is 22.4. The molecule has 12 rings (SSSR count). The summed E-state index contributed by atoms with van der Waals surface area (Å²) in [7, 11) is 0. The maximum absolute atomic E-state index is 2.75. The zero-order valence-electron chi connectivity index (χ0n) is 46.3. The Kier molecular flexibility index (Phi) is 14.5. The molecule has 2 aliphatic carbocycles. The molecule has 0 atom stereocenters. The van der Waals surface area contributed by atoms with Gasteiger partial charge in [-0.2, -0.15) is 0 Å². The van der Waals surface area contributed by atoms with Crippen molar-refractivity contribution >= 4 is 44.9 Å². The van der Waals surface area contributed by atoms with Crippen LogP contribution in [0.25, 0.3) is 55.3 Å². The quantitative estimate of drug-likeness (QED) is 0.0751. The van der Waals surface area contributed by atoms with E-state index in [9.17, 15) is 0 Å². The van der Waals surface area contributed by atoms with Crippen LogP contribution in [0.3, 0.4) is 0 Å². The van der Waals surface area contributed by atoms with Crippen LogP contribution in [0.4, 0.5) is 34.1 Å². The molecule has 0 fully saturated rings. The average molecular weight is 1020 g/mol. The van der Waals surface area contributed by atoms with E-state index in [1.807, 2.05) is 0 Å². The Morgan fingerprint density at radius 2 is 0.551 bits per heavy atom. The lowest BCUT2D eigenvalue weighted by Gasteiger charge is -2.35. The molecular formula is C76H74N2. The Hall–Kier alpha value is -7.94. The third kappa shape index (κ3) is 8.84. The molecule has 0 unspecified atom stereocenters. The van der Waals surface area contributed by atoms with Crippen LogP contribution in [0.5, 0.6) is 0 Å². The van der Waals surface area contributed by atoms with Gasteiger partial charge in [-0.05, 0) is 188 Å². The molecule has 0 saturated carbocycles. The minimum Gasteiger partial charge on any atom is -0.310 e. The highest BCUT2D eigenvalue weighted by Crippen LogP contribution is 2.64. The summed E-state index contributed by atoms with van der Waals surface area (Å²) < 4.78 is 0. The van der Waals surface area contributed by atoms with Crippen molar-refractivity contribution in [1.82, 2.24) is 0 Å². The van der Waals surface area contributed by atoms with E-state index >= 15 is 0 Å². The zero-order valence-corrected chi connectivity index (χ0v) is 46.3. The van der Waals surface area contributed by atoms with Crippen molar-refractivity contribution in [3.05, 3.63) is 253 Å². The van der Waals surface area contributed by atoms with Gasteiger partial charge in [0.2, 0.25) is 0 Å². The van der Waals surface area contributed by atoms with Crippen LogP contribution < -0.4 is 9.80 Å². The summed E-state index contributed by atoms with van der Waals surface area (Å²) in [5.41, 5.74) is 23.6. The Bertz CT molecular complexity index is 3320. The number of nitrogens with zero attached hydrogens (tertiary/aromatic N) is 2. The van der Waals surface area contributed by atoms with Gasteiger partial charge in [0, 0.05) is 45.0 Å². The van der Waals surface area contributed by atoms with Crippen molar-refractivity contribution in [2.24, 2.45) is 0 Å². The van der Waals surface area contributed by atoms with Gasteiger partial charge in [-0.25, -0.2) is 0 Å². The summed E-state index contributed by atoms with van der Waals surface area (Å²) in [5.74, 6) is 0. The normalized spacial score (nSPS) is 13.4. The van der Waals surface area contributed by atoms with Gasteiger partial charge in [-0.15, -0.1) is 0 Å². The van der Waals surface area contributed by atoms with Gasteiger partial charge >= 0.3 is 0 Å². The number of unbranched alkanes of at least 4 members (excludes halogenated alkanes) is 4. The number of anilines is 6. The molecule has 10 aromatic rings. The third-order valence-electron chi connectivity index (χ3n) is 17.6. The van der Waals surface area contributed by atoms with E-state index < -0.39 is 0 Å². The van der Waals surface area contributed by atoms with Gasteiger partial charge in [-0.1, -0.05) is 225 Å². The molecule has 0 N–H and O–H groups in total. The Morgan fingerprint density at radius 3 is 0.833 bits per heavy atom. The first-order valence-electron chi connectivity index (χ1n) is 29.4. The number of fused-ring (bicyclic) bond motifs is 7. The number of rotatable bonds is 20. The lowest BCUT2D eigenvalue weighted by molar-refractivity contribution is 0.414. The number of hydrogen-bond acceptors (Lipinski definition) is 2. The molecule has 0 radical (unpaired) electrons. The van der Waals surface area contributed by atoms with Crippen molar-refractivity contribution in [2.45, 2.75) is 116 Å². The van der Waals surface area contributed by atoms with E-state index in [0.717, 1.165) is 77.0 Å². The fourth-order valence-electron chi connectivity index (χ4n) is 14.0. The molecule has 2 nitrogen and oxygen atoms in total. The minimum absolute atomic E-state index is 0.201. The first-order valence-corrected chi connectivity index (χ1v) is 29.4. The Labute approximate surface area is 465 Å². The monoisotopic (exact) mass is 1010 g/mol. The minimum atomic E-state index is -0.201. The highest BCUT2D eigenvalue weighted by atomic mass is 15.1. The molecule has 10 aromatic carbocycles. The van der Waals surface area contributed by atoms with E-state index in [1.165, 1.54) is 112 Å². The maximum atomic E-state index is 2.75. The maximum Gasteiger partial charge on any atom is 0.0465 e. The predicted molar refractivity (Wildman–Crippen MR) is 335 cm³/mol. The molecule has 78 heavy (non-hydrogen) atoms. The smallest absolute Gasteiger partial charge is 0.0465 e. The SMILES string of the molecule is CCCCC1(CCCC)c2cc(N(c3ccccc3)c3ccccc3)ccc2-c2c1cc1c(-c3ccccc3)c3c(cc1c2-c1ccccc1)C(CCCC)(CCCC)c1cc(N(c2ccccc2)c2ccccc2)ccc1-3. The van der Waals surface area contributed by atoms with E-state index in [2.05, 4.69) is 268 Å². The topological polar surface area (TPSA) is 6.48 Å². The van der Waals surface area contributed by atoms with E-state index in [-0.39, 0.29) is 10.8 Å². The number of hydrogen-bond donors (Lipinski definition) is 0. The molecule has 0 spiro atoms. The average Bonchev–Trinajstić information content (AvgIpc) is 4.14. The van der Waals surface area contributed by atoms with Crippen LogP contribution in [0.2, 0.25) is 0 Å². The first-order chi connectivity index (χ1) is 38.5. The standard InChI is InChI=1S/C76H74N2/c1-5-9-47-75(48-10-6-2)67-51-61(77(57-35-23-15-24-36-57)58-37-25-16-26-38-58)43-45-63(67)73-69(75)53-65-66(71(73)55-31-19-13-20-32-55)54-70-74(72(65)56-33-21-14-22-34-56)64-46-44-62(52-68(64)76(70,49-11-7-3)50-12-8-4)78(59-39-27-17-28-40-59)60-41-29-18-30-42-60/h13-46,51-54H,5-12,47-50H2,1-4H3. The summed E-state index contributed by atoms with van der Waals surface area (Å²) in [6, 6.07) is 87.5. The Morgan fingerprint density at radius 1 is 0.269 bits per heavy atom. The van der Waals surface area contributed by atoms with Gasteiger partial charge in [-0.3, -0.25) is 0 Å². The summed E-state index contributed by atoms with van der Waals surface area (Å²) in [5, 5.41) is 2.73. The van der Waals surface area contributed by atoms with Gasteiger partial charge in [0.1, 0.15) is 0 Å². The second-order valence-electron chi connectivity index (χ2n) is 22.2. The summed E-state index contributed by atoms with van der Waals surface area (Å²) in [6.45, 7) is 9.52. The van der Waals surface area contributed by atoms with E-state index in [0.29, 0.717) is 0 Å². The van der Waals surface area contributed by atoms with Crippen LogP contribution in [0, 0.1) is 0 Å². The van der Waals surface area contributed by atoms with Gasteiger partial charge in [0.15, 0.2) is 0 Å². The van der Waals surface area contributed by atoms with Crippen LogP contribution in [-0.2, 0) is 10.8 Å². The summed E-state index contributed by atoms with van der Waals surface area (Å²) in [6.07, 6.45) is 13.5. The van der Waals surface area contributed by atoms with E-state index in [1.54, 1.807) is 0 Å². The fourth-order valence-corrected chi connectivity index (χ4v) is 14.0. The van der Waals surface area contributed by atoms with Gasteiger partial charge < -0.3 is 9.80 Å². The largest absolute Gasteiger partial charge is 0.310 e. The number of para-hydroxylation sites is 4. The summed E-state index contributed by atoms with van der Waals surface area (Å²) in [4.78, 5) is 4.93. The lowest BCUT2D eigenvalue weighted by atomic mass is 9.68. The molecule has 388 valence electrons. The van der Waals surface area contributed by atoms with Crippen LogP contribution in [-0.4, -0.2) is 0 Å². The van der Waals surface area contributed by atoms with Gasteiger partial charge in [0.05, 0.1) is 0 Å². The van der Waals surface area contributed by atoms with Crippen LogP contribution >= 0.6 is 0 Å². The number of benzene rings is 10. The third-order valence-corrected chi connectivity index (χ3v) is 17.6. The van der Waals surface area contributed by atoms with Crippen molar-refractivity contribution in [3.8, 4) is 44.5 Å². The van der Waals surface area contributed by atoms with Crippen molar-refractivity contribution < 1.29 is 0 Å². The molecule has 0 saturated heterocycles. The van der Waals surface area contributed by atoms with Crippen LogP contribution in [0.15, 0.2) is 231 Å². The zero-order chi connectivity index (χ0) is 53.1. The highest BCUT2D eigenvalue weighted by Gasteiger charge is 2.48. The second-order valence-corrected chi connectivity index (χ2v) is 22.2. The Balaban J connectivity index is 1.20. The fraction of sp³-hybridized carbons (Fsp3) is 0.237. The van der Waals surface area contributed by atoms with Crippen molar-refractivity contribution in [3.63, 3.8) is 0 Å². The first kappa shape index (κ1) is 50.9. The van der Waals surface area contributed by atoms with Gasteiger partial charge in [0.25, 0.3) is 0 Å².